The Balaban J connectivity index is 1.85. The van der Waals surface area contributed by atoms with Crippen molar-refractivity contribution in [2.24, 2.45) is 0 Å². The summed E-state index contributed by atoms with van der Waals surface area (Å²) in [5, 5.41) is 9.47. The second kappa shape index (κ2) is 7.33. The van der Waals surface area contributed by atoms with Gasteiger partial charge in [-0.25, -0.2) is 5.10 Å². The normalized spacial score (nSPS) is 15.8. The first-order valence-electron chi connectivity index (χ1n) is 8.31. The molecule has 2 amide bonds. The minimum absolute atomic E-state index is 0.00167. The number of H-pyrrole nitrogens is 1. The Morgan fingerprint density at radius 1 is 1.28 bits per heavy atom. The SMILES string of the molecule is CN(C)c1n[nH]c(NC(=O)C(c2ccccc2)N2CCCCC2=O)n1. The van der Waals surface area contributed by atoms with Gasteiger partial charge in [0.15, 0.2) is 0 Å². The van der Waals surface area contributed by atoms with Crippen LogP contribution in [-0.4, -0.2) is 52.5 Å². The summed E-state index contributed by atoms with van der Waals surface area (Å²) in [6.45, 7) is 0.575. The highest BCUT2D eigenvalue weighted by Crippen LogP contribution is 2.26. The first-order valence-corrected chi connectivity index (χ1v) is 8.31. The molecule has 1 fully saturated rings. The molecule has 25 heavy (non-hydrogen) atoms. The van der Waals surface area contributed by atoms with Crippen LogP contribution in [0.2, 0.25) is 0 Å². The molecule has 1 atom stereocenters. The first kappa shape index (κ1) is 16.9. The number of hydrogen-bond acceptors (Lipinski definition) is 5. The van der Waals surface area contributed by atoms with E-state index in [9.17, 15) is 9.59 Å². The molecule has 1 aromatic carbocycles. The zero-order valence-electron chi connectivity index (χ0n) is 14.4. The zero-order valence-corrected chi connectivity index (χ0v) is 14.4. The molecular weight excluding hydrogens is 320 g/mol. The Morgan fingerprint density at radius 3 is 2.68 bits per heavy atom. The number of nitrogens with one attached hydrogen (secondary N) is 2. The summed E-state index contributed by atoms with van der Waals surface area (Å²) in [5.74, 6) is 0.435. The van der Waals surface area contributed by atoms with E-state index in [4.69, 9.17) is 0 Å². The van der Waals surface area contributed by atoms with Gasteiger partial charge < -0.3 is 9.80 Å². The van der Waals surface area contributed by atoms with Crippen LogP contribution in [0.25, 0.3) is 0 Å². The predicted molar refractivity (Wildman–Crippen MR) is 94.1 cm³/mol. The van der Waals surface area contributed by atoms with Crippen LogP contribution in [-0.2, 0) is 9.59 Å². The molecule has 2 N–H and O–H groups in total. The lowest BCUT2D eigenvalue weighted by atomic mass is 10.0. The Kier molecular flexibility index (Phi) is 4.97. The molecular formula is C17H22N6O2. The number of carbonyl (C=O) groups excluding carboxylic acids is 2. The molecule has 0 spiro atoms. The zero-order chi connectivity index (χ0) is 17.8. The number of rotatable bonds is 5. The fourth-order valence-corrected chi connectivity index (χ4v) is 2.90. The summed E-state index contributed by atoms with van der Waals surface area (Å²) in [4.78, 5) is 32.9. The van der Waals surface area contributed by atoms with Crippen molar-refractivity contribution in [1.82, 2.24) is 20.1 Å². The summed E-state index contributed by atoms with van der Waals surface area (Å²) in [5.41, 5.74) is 0.780. The summed E-state index contributed by atoms with van der Waals surface area (Å²) < 4.78 is 0. The molecule has 3 rings (SSSR count). The maximum Gasteiger partial charge on any atom is 0.254 e. The summed E-state index contributed by atoms with van der Waals surface area (Å²) >= 11 is 0. The number of benzene rings is 1. The highest BCUT2D eigenvalue weighted by Gasteiger charge is 2.33. The number of carbonyl (C=O) groups is 2. The minimum atomic E-state index is -0.679. The molecule has 2 aromatic rings. The molecule has 1 aromatic heterocycles. The van der Waals surface area contributed by atoms with E-state index >= 15 is 0 Å². The van der Waals surface area contributed by atoms with Gasteiger partial charge in [0.05, 0.1) is 0 Å². The topological polar surface area (TPSA) is 94.2 Å². The van der Waals surface area contributed by atoms with Gasteiger partial charge in [0.1, 0.15) is 6.04 Å². The Morgan fingerprint density at radius 2 is 2.04 bits per heavy atom. The maximum absolute atomic E-state index is 12.9. The smallest absolute Gasteiger partial charge is 0.254 e. The van der Waals surface area contributed by atoms with Crippen molar-refractivity contribution >= 4 is 23.7 Å². The van der Waals surface area contributed by atoms with Gasteiger partial charge >= 0.3 is 0 Å². The summed E-state index contributed by atoms with van der Waals surface area (Å²) in [7, 11) is 3.63. The lowest BCUT2D eigenvalue weighted by Crippen LogP contribution is -2.43. The Bertz CT molecular complexity index is 743. The van der Waals surface area contributed by atoms with E-state index in [0.29, 0.717) is 18.9 Å². The number of nitrogens with zero attached hydrogens (tertiary/aromatic N) is 4. The van der Waals surface area contributed by atoms with Crippen LogP contribution in [0.1, 0.15) is 30.9 Å². The average molecular weight is 342 g/mol. The van der Waals surface area contributed by atoms with E-state index in [0.717, 1.165) is 18.4 Å². The second-order valence-electron chi connectivity index (χ2n) is 6.23. The van der Waals surface area contributed by atoms with E-state index in [-0.39, 0.29) is 17.8 Å². The molecule has 1 aliphatic heterocycles. The third kappa shape index (κ3) is 3.78. The quantitative estimate of drug-likeness (QED) is 0.860. The number of anilines is 2. The van der Waals surface area contributed by atoms with Gasteiger partial charge in [-0.05, 0) is 18.4 Å². The highest BCUT2D eigenvalue weighted by molar-refractivity contribution is 5.97. The van der Waals surface area contributed by atoms with Crippen LogP contribution in [0.3, 0.4) is 0 Å². The lowest BCUT2D eigenvalue weighted by molar-refractivity contribution is -0.141. The van der Waals surface area contributed by atoms with Crippen LogP contribution >= 0.6 is 0 Å². The maximum atomic E-state index is 12.9. The van der Waals surface area contributed by atoms with Crippen molar-refractivity contribution in [3.63, 3.8) is 0 Å². The molecule has 1 saturated heterocycles. The van der Waals surface area contributed by atoms with Crippen LogP contribution in [0, 0.1) is 0 Å². The van der Waals surface area contributed by atoms with Crippen molar-refractivity contribution in [2.45, 2.75) is 25.3 Å². The number of amides is 2. The molecule has 0 aliphatic carbocycles. The van der Waals surface area contributed by atoms with Gasteiger partial charge in [0, 0.05) is 27.1 Å². The van der Waals surface area contributed by atoms with Gasteiger partial charge in [-0.3, -0.25) is 14.9 Å². The van der Waals surface area contributed by atoms with E-state index < -0.39 is 6.04 Å². The number of aromatic nitrogens is 3. The molecule has 8 heteroatoms. The van der Waals surface area contributed by atoms with Crippen molar-refractivity contribution < 1.29 is 9.59 Å². The number of hydrogen-bond donors (Lipinski definition) is 2. The van der Waals surface area contributed by atoms with Crippen LogP contribution in [0.15, 0.2) is 30.3 Å². The monoisotopic (exact) mass is 342 g/mol. The fourth-order valence-electron chi connectivity index (χ4n) is 2.90. The highest BCUT2D eigenvalue weighted by atomic mass is 16.2. The Labute approximate surface area is 146 Å². The van der Waals surface area contributed by atoms with Gasteiger partial charge in [-0.1, -0.05) is 30.3 Å². The molecule has 2 heterocycles. The first-order chi connectivity index (χ1) is 12.1. The average Bonchev–Trinajstić information content (AvgIpc) is 3.07. The third-order valence-corrected chi connectivity index (χ3v) is 4.15. The lowest BCUT2D eigenvalue weighted by Gasteiger charge is -2.33. The second-order valence-corrected chi connectivity index (χ2v) is 6.23. The van der Waals surface area contributed by atoms with E-state index in [1.54, 1.807) is 9.80 Å². The van der Waals surface area contributed by atoms with E-state index in [2.05, 4.69) is 20.5 Å². The molecule has 0 bridgehead atoms. The predicted octanol–water partition coefficient (Wildman–Crippen LogP) is 1.56. The molecule has 0 radical (unpaired) electrons. The van der Waals surface area contributed by atoms with Gasteiger partial charge in [0.2, 0.25) is 17.8 Å². The number of piperidine rings is 1. The minimum Gasteiger partial charge on any atom is -0.346 e. The summed E-state index contributed by atoms with van der Waals surface area (Å²) in [6.07, 6.45) is 2.24. The van der Waals surface area contributed by atoms with Crippen LogP contribution in [0.4, 0.5) is 11.9 Å². The Hall–Kier alpha value is -2.90. The van der Waals surface area contributed by atoms with Gasteiger partial charge in [-0.15, -0.1) is 5.10 Å². The summed E-state index contributed by atoms with van der Waals surface area (Å²) in [6, 6.07) is 8.65. The van der Waals surface area contributed by atoms with Crippen molar-refractivity contribution in [2.75, 3.05) is 30.9 Å². The van der Waals surface area contributed by atoms with Crippen LogP contribution < -0.4 is 10.2 Å². The van der Waals surface area contributed by atoms with Crippen molar-refractivity contribution in [1.29, 1.82) is 0 Å². The molecule has 132 valence electrons. The standard InChI is InChI=1S/C17H22N6O2/c1-22(2)17-19-16(20-21-17)18-15(25)14(12-8-4-3-5-9-12)23-11-7-6-10-13(23)24/h3-5,8-9,14H,6-7,10-11H2,1-2H3,(H2,18,19,20,21,25). The van der Waals surface area contributed by atoms with Gasteiger partial charge in [-0.2, -0.15) is 4.98 Å². The fraction of sp³-hybridized carbons (Fsp3) is 0.412. The molecule has 1 unspecified atom stereocenters. The molecule has 1 aliphatic rings. The third-order valence-electron chi connectivity index (χ3n) is 4.15. The van der Waals surface area contributed by atoms with E-state index in [1.807, 2.05) is 44.4 Å². The molecule has 0 saturated carbocycles. The van der Waals surface area contributed by atoms with E-state index in [1.165, 1.54) is 0 Å². The van der Waals surface area contributed by atoms with Crippen molar-refractivity contribution in [3.8, 4) is 0 Å². The van der Waals surface area contributed by atoms with Crippen LogP contribution in [0.5, 0.6) is 0 Å². The number of aromatic amines is 1. The largest absolute Gasteiger partial charge is 0.346 e. The number of likely N-dealkylation sites (tertiary alicyclic amines) is 1. The molecule has 8 nitrogen and oxygen atoms in total. The van der Waals surface area contributed by atoms with Crippen molar-refractivity contribution in [3.05, 3.63) is 35.9 Å². The van der Waals surface area contributed by atoms with Gasteiger partial charge in [0.25, 0.3) is 5.91 Å².